The number of hydrogen-bond acceptors (Lipinski definition) is 4. The van der Waals surface area contributed by atoms with Gasteiger partial charge in [0.2, 0.25) is 5.91 Å². The average molecular weight is 342 g/mol. The molecule has 136 valence electrons. The Morgan fingerprint density at radius 1 is 1.32 bits per heavy atom. The van der Waals surface area contributed by atoms with Gasteiger partial charge in [0.15, 0.2) is 5.82 Å². The molecule has 3 rings (SSSR count). The third kappa shape index (κ3) is 3.55. The van der Waals surface area contributed by atoms with Gasteiger partial charge in [-0.05, 0) is 50.2 Å². The molecule has 0 radical (unpaired) electrons. The van der Waals surface area contributed by atoms with Crippen LogP contribution in [0, 0.1) is 17.3 Å². The number of rotatable bonds is 4. The second kappa shape index (κ2) is 6.77. The van der Waals surface area contributed by atoms with Crippen molar-refractivity contribution in [1.29, 1.82) is 0 Å². The predicted octanol–water partition coefficient (Wildman–Crippen LogP) is 3.14. The van der Waals surface area contributed by atoms with E-state index in [2.05, 4.69) is 60.8 Å². The first-order valence-electron chi connectivity index (χ1n) is 9.26. The molecule has 1 aliphatic carbocycles. The van der Waals surface area contributed by atoms with Crippen molar-refractivity contribution >= 4 is 11.7 Å². The topological polar surface area (TPSA) is 49.3 Å². The second-order valence-electron chi connectivity index (χ2n) is 8.32. The third-order valence-corrected chi connectivity index (χ3v) is 5.93. The van der Waals surface area contributed by atoms with Crippen molar-refractivity contribution in [3.63, 3.8) is 0 Å². The molecule has 0 unspecified atom stereocenters. The molecule has 2 fully saturated rings. The number of carbonyl (C=O) groups excluding carboxylic acids is 1. The van der Waals surface area contributed by atoms with Gasteiger partial charge in [0, 0.05) is 32.4 Å². The molecule has 2 atom stereocenters. The summed E-state index contributed by atoms with van der Waals surface area (Å²) >= 11 is 0. The molecule has 0 aromatic carbocycles. The Bertz CT molecular complexity index is 643. The van der Waals surface area contributed by atoms with E-state index in [1.165, 1.54) is 5.57 Å². The van der Waals surface area contributed by atoms with Crippen molar-refractivity contribution in [3.05, 3.63) is 30.0 Å². The van der Waals surface area contributed by atoms with Crippen LogP contribution in [0.15, 0.2) is 30.0 Å². The van der Waals surface area contributed by atoms with Crippen LogP contribution in [0.4, 0.5) is 5.82 Å². The van der Waals surface area contributed by atoms with Crippen molar-refractivity contribution < 1.29 is 4.79 Å². The summed E-state index contributed by atoms with van der Waals surface area (Å²) in [4.78, 5) is 17.2. The molecule has 1 aromatic rings. The van der Waals surface area contributed by atoms with Crippen molar-refractivity contribution in [3.8, 4) is 0 Å². The van der Waals surface area contributed by atoms with Gasteiger partial charge in [-0.2, -0.15) is 5.10 Å². The van der Waals surface area contributed by atoms with E-state index < -0.39 is 0 Å². The number of anilines is 1. The van der Waals surface area contributed by atoms with Gasteiger partial charge in [-0.15, -0.1) is 5.10 Å². The molecule has 5 heteroatoms. The molecular formula is C20H30N4O. The highest BCUT2D eigenvalue weighted by Gasteiger charge is 2.61. The van der Waals surface area contributed by atoms with Crippen LogP contribution in [-0.2, 0) is 4.79 Å². The van der Waals surface area contributed by atoms with Crippen molar-refractivity contribution in [1.82, 2.24) is 15.1 Å². The van der Waals surface area contributed by atoms with Gasteiger partial charge >= 0.3 is 0 Å². The van der Waals surface area contributed by atoms with E-state index in [4.69, 9.17) is 0 Å². The number of carbonyl (C=O) groups is 1. The molecular weight excluding hydrogens is 312 g/mol. The van der Waals surface area contributed by atoms with Crippen LogP contribution in [0.2, 0.25) is 0 Å². The lowest BCUT2D eigenvalue weighted by Crippen LogP contribution is -2.46. The van der Waals surface area contributed by atoms with Crippen molar-refractivity contribution in [2.45, 2.75) is 46.6 Å². The molecule has 1 saturated heterocycles. The molecule has 25 heavy (non-hydrogen) atoms. The zero-order valence-corrected chi connectivity index (χ0v) is 16.1. The summed E-state index contributed by atoms with van der Waals surface area (Å²) in [5, 5.41) is 8.15. The lowest BCUT2D eigenvalue weighted by molar-refractivity contribution is -0.134. The summed E-state index contributed by atoms with van der Waals surface area (Å²) < 4.78 is 0. The molecule has 0 bridgehead atoms. The number of piperidine rings is 1. The maximum Gasteiger partial charge on any atom is 0.226 e. The van der Waals surface area contributed by atoms with E-state index in [0.29, 0.717) is 17.9 Å². The van der Waals surface area contributed by atoms with Gasteiger partial charge in [0.1, 0.15) is 0 Å². The molecule has 0 spiro atoms. The van der Waals surface area contributed by atoms with Crippen LogP contribution in [0.25, 0.3) is 0 Å². The van der Waals surface area contributed by atoms with E-state index in [-0.39, 0.29) is 11.3 Å². The lowest BCUT2D eigenvalue weighted by Gasteiger charge is -2.37. The zero-order valence-electron chi connectivity index (χ0n) is 16.1. The van der Waals surface area contributed by atoms with E-state index >= 15 is 0 Å². The minimum absolute atomic E-state index is 0.0988. The molecule has 2 heterocycles. The fraction of sp³-hybridized carbons (Fsp3) is 0.650. The van der Waals surface area contributed by atoms with Crippen molar-refractivity contribution in [2.75, 3.05) is 25.0 Å². The Morgan fingerprint density at radius 3 is 2.56 bits per heavy atom. The number of nitrogens with zero attached hydrogens (tertiary/aromatic N) is 4. The van der Waals surface area contributed by atoms with Crippen LogP contribution >= 0.6 is 0 Å². The number of hydrogen-bond donors (Lipinski definition) is 0. The summed E-state index contributed by atoms with van der Waals surface area (Å²) in [5.74, 6) is 1.79. The van der Waals surface area contributed by atoms with E-state index in [0.717, 1.165) is 31.7 Å². The smallest absolute Gasteiger partial charge is 0.226 e. The summed E-state index contributed by atoms with van der Waals surface area (Å²) in [6.45, 7) is 10.3. The predicted molar refractivity (Wildman–Crippen MR) is 100 cm³/mol. The molecule has 2 aliphatic rings. The van der Waals surface area contributed by atoms with Gasteiger partial charge in [-0.25, -0.2) is 0 Å². The van der Waals surface area contributed by atoms with Gasteiger partial charge in [0.05, 0.1) is 5.92 Å². The Morgan fingerprint density at radius 2 is 2.00 bits per heavy atom. The van der Waals surface area contributed by atoms with Crippen molar-refractivity contribution in [2.24, 2.45) is 17.3 Å². The van der Waals surface area contributed by atoms with Gasteiger partial charge < -0.3 is 9.80 Å². The summed E-state index contributed by atoms with van der Waals surface area (Å²) in [5.41, 5.74) is 1.40. The van der Waals surface area contributed by atoms with Crippen LogP contribution in [0.1, 0.15) is 40.5 Å². The minimum Gasteiger partial charge on any atom is -0.355 e. The standard InChI is InChI=1S/C20H30N4O/c1-14(2)13-16-18(20(16,3)4)19(25)24-11-8-15(9-12-24)23(5)17-7-6-10-21-22-17/h6-7,10,13,15-16,18H,8-9,11-12H2,1-5H3/t16-,18+/m1/s1. The molecule has 1 amide bonds. The highest BCUT2D eigenvalue weighted by atomic mass is 16.2. The summed E-state index contributed by atoms with van der Waals surface area (Å²) in [6, 6.07) is 4.32. The molecule has 1 aliphatic heterocycles. The van der Waals surface area contributed by atoms with Gasteiger partial charge in [-0.3, -0.25) is 4.79 Å². The summed E-state index contributed by atoms with van der Waals surface area (Å²) in [6.07, 6.45) is 5.94. The first-order chi connectivity index (χ1) is 11.8. The van der Waals surface area contributed by atoms with Crippen LogP contribution < -0.4 is 4.90 Å². The van der Waals surface area contributed by atoms with Crippen LogP contribution in [0.5, 0.6) is 0 Å². The highest BCUT2D eigenvalue weighted by molar-refractivity contribution is 5.84. The van der Waals surface area contributed by atoms with Crippen LogP contribution in [-0.4, -0.2) is 47.2 Å². The fourth-order valence-corrected chi connectivity index (χ4v) is 4.16. The number of likely N-dealkylation sites (tertiary alicyclic amines) is 1. The molecule has 1 saturated carbocycles. The monoisotopic (exact) mass is 342 g/mol. The minimum atomic E-state index is 0.0988. The zero-order chi connectivity index (χ0) is 18.2. The number of allylic oxidation sites excluding steroid dienone is 2. The fourth-order valence-electron chi connectivity index (χ4n) is 4.16. The maximum atomic E-state index is 13.0. The molecule has 0 N–H and O–H groups in total. The van der Waals surface area contributed by atoms with E-state index in [1.807, 2.05) is 12.1 Å². The Labute approximate surface area is 151 Å². The quantitative estimate of drug-likeness (QED) is 0.789. The largest absolute Gasteiger partial charge is 0.355 e. The normalized spacial score (nSPS) is 25.4. The highest BCUT2D eigenvalue weighted by Crippen LogP contribution is 2.60. The molecule has 1 aromatic heterocycles. The number of aromatic nitrogens is 2. The van der Waals surface area contributed by atoms with Gasteiger partial charge in [0.25, 0.3) is 0 Å². The van der Waals surface area contributed by atoms with Crippen LogP contribution in [0.3, 0.4) is 0 Å². The first-order valence-corrected chi connectivity index (χ1v) is 9.26. The lowest BCUT2D eigenvalue weighted by atomic mass is 10.0. The molecule has 5 nitrogen and oxygen atoms in total. The second-order valence-corrected chi connectivity index (χ2v) is 8.32. The maximum absolute atomic E-state index is 13.0. The van der Waals surface area contributed by atoms with E-state index in [9.17, 15) is 4.79 Å². The Kier molecular flexibility index (Phi) is 4.85. The third-order valence-electron chi connectivity index (χ3n) is 5.93. The SMILES string of the molecule is CC(C)=C[C@@H]1[C@@H](C(=O)N2CCC(N(C)c3cccnn3)CC2)C1(C)C. The number of amides is 1. The van der Waals surface area contributed by atoms with Gasteiger partial charge in [-0.1, -0.05) is 25.5 Å². The Hall–Kier alpha value is -1.91. The van der Waals surface area contributed by atoms with E-state index in [1.54, 1.807) is 6.20 Å². The first kappa shape index (κ1) is 17.9. The summed E-state index contributed by atoms with van der Waals surface area (Å²) in [7, 11) is 2.07. The Balaban J connectivity index is 1.58. The average Bonchev–Trinajstić information content (AvgIpc) is 3.14.